The van der Waals surface area contributed by atoms with E-state index in [0.717, 1.165) is 20.1 Å². The van der Waals surface area contributed by atoms with Crippen molar-refractivity contribution < 1.29 is 4.79 Å². The highest BCUT2D eigenvalue weighted by Gasteiger charge is 2.19. The lowest BCUT2D eigenvalue weighted by Gasteiger charge is -2.14. The van der Waals surface area contributed by atoms with Crippen LogP contribution in [-0.2, 0) is 4.79 Å². The van der Waals surface area contributed by atoms with Gasteiger partial charge in [0.15, 0.2) is 0 Å². The molecule has 5 heteroatoms. The van der Waals surface area contributed by atoms with Crippen LogP contribution >= 0.6 is 43.5 Å². The predicted octanol–water partition coefficient (Wildman–Crippen LogP) is 5.44. The summed E-state index contributed by atoms with van der Waals surface area (Å²) in [7, 11) is 0. The zero-order valence-electron chi connectivity index (χ0n) is 10.7. The van der Waals surface area contributed by atoms with Gasteiger partial charge in [-0.25, -0.2) is 0 Å². The standard InChI is InChI=1S/C15H12Br2ClNO/c1-9-7-11(16)14(12(17)8-9)19-15(20)13(18)10-5-3-2-4-6-10/h2-8,13H,1H3,(H,19,20). The largest absolute Gasteiger partial charge is 0.323 e. The second-order valence-corrected chi connectivity index (χ2v) is 6.51. The first-order valence-electron chi connectivity index (χ1n) is 5.94. The van der Waals surface area contributed by atoms with Gasteiger partial charge in [0, 0.05) is 8.95 Å². The predicted molar refractivity (Wildman–Crippen MR) is 90.2 cm³/mol. The minimum Gasteiger partial charge on any atom is -0.323 e. The van der Waals surface area contributed by atoms with E-state index in [1.807, 2.05) is 49.4 Å². The number of halogens is 3. The van der Waals surface area contributed by atoms with E-state index >= 15 is 0 Å². The number of rotatable bonds is 3. The van der Waals surface area contributed by atoms with Gasteiger partial charge in [-0.15, -0.1) is 11.6 Å². The maximum Gasteiger partial charge on any atom is 0.247 e. The molecule has 0 radical (unpaired) electrons. The van der Waals surface area contributed by atoms with E-state index in [1.54, 1.807) is 0 Å². The highest BCUT2D eigenvalue weighted by Crippen LogP contribution is 2.33. The van der Waals surface area contributed by atoms with E-state index in [4.69, 9.17) is 11.6 Å². The van der Waals surface area contributed by atoms with Crippen molar-refractivity contribution in [2.24, 2.45) is 0 Å². The van der Waals surface area contributed by atoms with Crippen molar-refractivity contribution in [3.63, 3.8) is 0 Å². The quantitative estimate of drug-likeness (QED) is 0.662. The molecule has 0 saturated heterocycles. The second-order valence-electron chi connectivity index (χ2n) is 4.37. The second kappa shape index (κ2) is 6.74. The summed E-state index contributed by atoms with van der Waals surface area (Å²) in [6.07, 6.45) is 0. The number of aryl methyl sites for hydroxylation is 1. The van der Waals surface area contributed by atoms with Gasteiger partial charge in [-0.1, -0.05) is 30.3 Å². The minimum atomic E-state index is -0.726. The number of amides is 1. The number of carbonyl (C=O) groups excluding carboxylic acids is 1. The average molecular weight is 418 g/mol. The average Bonchev–Trinajstić information content (AvgIpc) is 2.42. The number of benzene rings is 2. The first-order valence-corrected chi connectivity index (χ1v) is 7.97. The molecule has 20 heavy (non-hydrogen) atoms. The topological polar surface area (TPSA) is 29.1 Å². The van der Waals surface area contributed by atoms with Crippen LogP contribution in [0.15, 0.2) is 51.4 Å². The van der Waals surface area contributed by atoms with E-state index in [9.17, 15) is 4.79 Å². The normalized spacial score (nSPS) is 12.0. The molecule has 2 nitrogen and oxygen atoms in total. The first-order chi connectivity index (χ1) is 9.49. The van der Waals surface area contributed by atoms with E-state index in [-0.39, 0.29) is 5.91 Å². The Bertz CT molecular complexity index is 608. The lowest BCUT2D eigenvalue weighted by Crippen LogP contribution is -2.18. The number of anilines is 1. The van der Waals surface area contributed by atoms with Crippen molar-refractivity contribution in [2.45, 2.75) is 12.3 Å². The summed E-state index contributed by atoms with van der Waals surface area (Å²) >= 11 is 13.1. The molecule has 0 aromatic heterocycles. The van der Waals surface area contributed by atoms with Crippen LogP contribution in [0.25, 0.3) is 0 Å². The number of nitrogens with one attached hydrogen (secondary N) is 1. The van der Waals surface area contributed by atoms with Gasteiger partial charge < -0.3 is 5.32 Å². The molecule has 0 heterocycles. The highest BCUT2D eigenvalue weighted by molar-refractivity contribution is 9.11. The maximum atomic E-state index is 12.2. The summed E-state index contributed by atoms with van der Waals surface area (Å²) in [6.45, 7) is 1.98. The molecule has 0 fully saturated rings. The molecule has 2 aromatic rings. The third-order valence-electron chi connectivity index (χ3n) is 2.76. The third-order valence-corrected chi connectivity index (χ3v) is 4.46. The van der Waals surface area contributed by atoms with Crippen LogP contribution in [0.4, 0.5) is 5.69 Å². The van der Waals surface area contributed by atoms with Crippen molar-refractivity contribution in [2.75, 3.05) is 5.32 Å². The Morgan fingerprint density at radius 2 is 1.70 bits per heavy atom. The van der Waals surface area contributed by atoms with Gasteiger partial charge in [0.05, 0.1) is 5.69 Å². The molecule has 0 aliphatic rings. The van der Waals surface area contributed by atoms with Crippen molar-refractivity contribution in [1.82, 2.24) is 0 Å². The lowest BCUT2D eigenvalue weighted by atomic mass is 10.1. The van der Waals surface area contributed by atoms with Crippen LogP contribution < -0.4 is 5.32 Å². The summed E-state index contributed by atoms with van der Waals surface area (Å²) in [5, 5.41) is 2.11. The fourth-order valence-electron chi connectivity index (χ4n) is 1.78. The molecule has 2 rings (SSSR count). The van der Waals surface area contributed by atoms with Gasteiger partial charge >= 0.3 is 0 Å². The summed E-state index contributed by atoms with van der Waals surface area (Å²) < 4.78 is 1.63. The summed E-state index contributed by atoms with van der Waals surface area (Å²) in [5.41, 5.74) is 2.54. The van der Waals surface area contributed by atoms with Crippen LogP contribution in [-0.4, -0.2) is 5.91 Å². The SMILES string of the molecule is Cc1cc(Br)c(NC(=O)C(Cl)c2ccccc2)c(Br)c1. The van der Waals surface area contributed by atoms with Crippen molar-refractivity contribution in [1.29, 1.82) is 0 Å². The van der Waals surface area contributed by atoms with E-state index in [0.29, 0.717) is 5.69 Å². The minimum absolute atomic E-state index is 0.261. The Kier molecular flexibility index (Phi) is 5.24. The third kappa shape index (κ3) is 3.62. The molecule has 1 N–H and O–H groups in total. The van der Waals surface area contributed by atoms with Crippen LogP contribution in [0.2, 0.25) is 0 Å². The molecule has 0 bridgehead atoms. The lowest BCUT2D eigenvalue weighted by molar-refractivity contribution is -0.116. The van der Waals surface area contributed by atoms with Gasteiger partial charge in [0.2, 0.25) is 5.91 Å². The molecule has 1 unspecified atom stereocenters. The maximum absolute atomic E-state index is 12.2. The fraction of sp³-hybridized carbons (Fsp3) is 0.133. The number of carbonyl (C=O) groups is 1. The molecule has 0 aliphatic heterocycles. The monoisotopic (exact) mass is 415 g/mol. The smallest absolute Gasteiger partial charge is 0.247 e. The van der Waals surface area contributed by atoms with Crippen molar-refractivity contribution in [3.8, 4) is 0 Å². The van der Waals surface area contributed by atoms with Crippen LogP contribution in [0, 0.1) is 6.92 Å². The molecule has 1 atom stereocenters. The molecule has 2 aromatic carbocycles. The summed E-state index contributed by atoms with van der Waals surface area (Å²) in [6, 6.07) is 13.1. The molecule has 0 spiro atoms. The Labute approximate surface area is 139 Å². The molecule has 1 amide bonds. The molecular weight excluding hydrogens is 405 g/mol. The Balaban J connectivity index is 2.20. The summed E-state index contributed by atoms with van der Waals surface area (Å²) in [5.74, 6) is -0.261. The first kappa shape index (κ1) is 15.5. The van der Waals surface area contributed by atoms with Gasteiger partial charge in [-0.3, -0.25) is 4.79 Å². The fourth-order valence-corrected chi connectivity index (χ4v) is 3.59. The van der Waals surface area contributed by atoms with E-state index in [1.165, 1.54) is 0 Å². The van der Waals surface area contributed by atoms with Gasteiger partial charge in [-0.2, -0.15) is 0 Å². The van der Waals surface area contributed by atoms with Gasteiger partial charge in [0.1, 0.15) is 5.38 Å². The van der Waals surface area contributed by atoms with E-state index < -0.39 is 5.38 Å². The number of hydrogen-bond donors (Lipinski definition) is 1. The zero-order valence-corrected chi connectivity index (χ0v) is 14.6. The van der Waals surface area contributed by atoms with Crippen LogP contribution in [0.5, 0.6) is 0 Å². The zero-order chi connectivity index (χ0) is 14.7. The number of alkyl halides is 1. The summed E-state index contributed by atoms with van der Waals surface area (Å²) in [4.78, 5) is 12.2. The van der Waals surface area contributed by atoms with Gasteiger partial charge in [0.25, 0.3) is 0 Å². The molecule has 104 valence electrons. The van der Waals surface area contributed by atoms with Crippen LogP contribution in [0.3, 0.4) is 0 Å². The number of hydrogen-bond acceptors (Lipinski definition) is 1. The molecular formula is C15H12Br2ClNO. The molecule has 0 saturated carbocycles. The van der Waals surface area contributed by atoms with Crippen LogP contribution in [0.1, 0.15) is 16.5 Å². The van der Waals surface area contributed by atoms with Crippen molar-refractivity contribution in [3.05, 3.63) is 62.5 Å². The Morgan fingerprint density at radius 3 is 2.25 bits per heavy atom. The molecule has 0 aliphatic carbocycles. The highest BCUT2D eigenvalue weighted by atomic mass is 79.9. The Hall–Kier alpha value is -0.840. The van der Waals surface area contributed by atoms with Crippen molar-refractivity contribution >= 4 is 55.1 Å². The Morgan fingerprint density at radius 1 is 1.15 bits per heavy atom. The van der Waals surface area contributed by atoms with Gasteiger partial charge in [-0.05, 0) is 62.0 Å². The van der Waals surface area contributed by atoms with E-state index in [2.05, 4.69) is 37.2 Å².